The number of hydrogen-bond acceptors (Lipinski definition) is 4. The quantitative estimate of drug-likeness (QED) is 0.672. The van der Waals surface area contributed by atoms with Gasteiger partial charge in [0.15, 0.2) is 0 Å². The van der Waals surface area contributed by atoms with E-state index in [0.717, 1.165) is 31.1 Å². The Morgan fingerprint density at radius 2 is 2.54 bits per heavy atom. The lowest BCUT2D eigenvalue weighted by atomic mass is 10.0. The van der Waals surface area contributed by atoms with Gasteiger partial charge in [0, 0.05) is 31.2 Å². The molecule has 0 saturated carbocycles. The third kappa shape index (κ3) is 1.13. The smallest absolute Gasteiger partial charge is 0.133 e. The van der Waals surface area contributed by atoms with Gasteiger partial charge in [-0.15, -0.1) is 11.3 Å². The van der Waals surface area contributed by atoms with E-state index in [1.165, 1.54) is 6.54 Å². The average molecular weight is 196 g/mol. The van der Waals surface area contributed by atoms with E-state index in [0.29, 0.717) is 0 Å². The molecule has 2 aliphatic rings. The van der Waals surface area contributed by atoms with Gasteiger partial charge in [-0.3, -0.25) is 4.90 Å². The molecule has 0 N–H and O–H groups in total. The first-order chi connectivity index (χ1) is 6.39. The maximum atomic E-state index is 5.91. The van der Waals surface area contributed by atoms with Crippen LogP contribution in [0.4, 0.5) is 0 Å². The molecule has 3 heterocycles. The number of fused-ring (bicyclic) bond motifs is 2. The Balaban J connectivity index is 1.97. The molecule has 0 aromatic carbocycles. The highest BCUT2D eigenvalue weighted by molar-refractivity contribution is 7.09. The fourth-order valence-electron chi connectivity index (χ4n) is 2.22. The molecule has 0 aliphatic carbocycles. The molecular formula is C9H12N2OS. The summed E-state index contributed by atoms with van der Waals surface area (Å²) in [6.45, 7) is 4.16. The van der Waals surface area contributed by atoms with E-state index >= 15 is 0 Å². The molecule has 3 rings (SSSR count). The molecule has 3 nitrogen and oxygen atoms in total. The standard InChI is InChI=1S/C9H12N2OS/c1-3-11-4-5-12-9(1,7-11)8-10-2-6-13-8/h2,6H,1,3-5,7H2. The highest BCUT2D eigenvalue weighted by Gasteiger charge is 2.45. The fourth-order valence-corrected chi connectivity index (χ4v) is 3.03. The van der Waals surface area contributed by atoms with Crippen molar-refractivity contribution in [2.45, 2.75) is 12.0 Å². The molecule has 0 spiro atoms. The van der Waals surface area contributed by atoms with Gasteiger partial charge >= 0.3 is 0 Å². The highest BCUT2D eigenvalue weighted by atomic mass is 32.1. The largest absolute Gasteiger partial charge is 0.365 e. The number of ether oxygens (including phenoxy) is 1. The molecule has 2 fully saturated rings. The molecule has 70 valence electrons. The summed E-state index contributed by atoms with van der Waals surface area (Å²) in [5.41, 5.74) is -0.0492. The molecule has 2 saturated heterocycles. The third-order valence-electron chi connectivity index (χ3n) is 2.92. The third-order valence-corrected chi connectivity index (χ3v) is 3.88. The molecule has 2 atom stereocenters. The predicted octanol–water partition coefficient (Wildman–Crippen LogP) is 1.07. The van der Waals surface area contributed by atoms with Gasteiger partial charge in [-0.05, 0) is 6.42 Å². The van der Waals surface area contributed by atoms with Crippen LogP contribution in [-0.4, -0.2) is 36.1 Å². The first-order valence-electron chi connectivity index (χ1n) is 4.65. The first kappa shape index (κ1) is 7.91. The van der Waals surface area contributed by atoms with Crippen molar-refractivity contribution in [2.75, 3.05) is 26.2 Å². The average Bonchev–Trinajstić information content (AvgIpc) is 2.75. The second kappa shape index (κ2) is 2.77. The van der Waals surface area contributed by atoms with Crippen LogP contribution in [0.1, 0.15) is 11.4 Å². The lowest BCUT2D eigenvalue weighted by Crippen LogP contribution is -2.41. The summed E-state index contributed by atoms with van der Waals surface area (Å²) in [5, 5.41) is 3.19. The Morgan fingerprint density at radius 3 is 3.38 bits per heavy atom. The van der Waals surface area contributed by atoms with Crippen LogP contribution < -0.4 is 0 Å². The van der Waals surface area contributed by atoms with Crippen molar-refractivity contribution in [3.63, 3.8) is 0 Å². The van der Waals surface area contributed by atoms with E-state index in [-0.39, 0.29) is 5.60 Å². The Hall–Kier alpha value is -0.450. The molecule has 4 heteroatoms. The van der Waals surface area contributed by atoms with Crippen molar-refractivity contribution in [3.8, 4) is 0 Å². The summed E-state index contributed by atoms with van der Waals surface area (Å²) in [4.78, 5) is 6.84. The Bertz CT molecular complexity index is 297. The second-order valence-electron chi connectivity index (χ2n) is 3.71. The Labute approximate surface area is 81.3 Å². The van der Waals surface area contributed by atoms with Crippen LogP contribution in [0.25, 0.3) is 0 Å². The van der Waals surface area contributed by atoms with E-state index < -0.39 is 0 Å². The van der Waals surface area contributed by atoms with Gasteiger partial charge in [0.05, 0.1) is 6.61 Å². The maximum Gasteiger partial charge on any atom is 0.133 e. The van der Waals surface area contributed by atoms with E-state index in [9.17, 15) is 0 Å². The molecular weight excluding hydrogens is 184 g/mol. The molecule has 0 amide bonds. The summed E-state index contributed by atoms with van der Waals surface area (Å²) >= 11 is 1.72. The maximum absolute atomic E-state index is 5.91. The van der Waals surface area contributed by atoms with Crippen molar-refractivity contribution in [1.29, 1.82) is 0 Å². The number of morpholine rings is 1. The van der Waals surface area contributed by atoms with Gasteiger partial charge in [0.1, 0.15) is 10.6 Å². The van der Waals surface area contributed by atoms with Crippen molar-refractivity contribution >= 4 is 11.3 Å². The highest BCUT2D eigenvalue weighted by Crippen LogP contribution is 2.39. The summed E-state index contributed by atoms with van der Waals surface area (Å²) < 4.78 is 5.91. The Morgan fingerprint density at radius 1 is 1.54 bits per heavy atom. The monoisotopic (exact) mass is 196 g/mol. The lowest BCUT2D eigenvalue weighted by molar-refractivity contribution is -0.0729. The van der Waals surface area contributed by atoms with Crippen LogP contribution in [0.2, 0.25) is 0 Å². The molecule has 0 radical (unpaired) electrons. The van der Waals surface area contributed by atoms with Crippen molar-refractivity contribution in [3.05, 3.63) is 16.6 Å². The van der Waals surface area contributed by atoms with Gasteiger partial charge in [-0.25, -0.2) is 4.98 Å². The van der Waals surface area contributed by atoms with E-state index in [2.05, 4.69) is 9.88 Å². The number of nitrogens with zero attached hydrogens (tertiary/aromatic N) is 2. The first-order valence-corrected chi connectivity index (χ1v) is 5.53. The van der Waals surface area contributed by atoms with E-state index in [4.69, 9.17) is 4.74 Å². The SMILES string of the molecule is c1csc(C23CCN(CCO2)C3)n1. The molecule has 2 unspecified atom stereocenters. The minimum atomic E-state index is -0.0492. The van der Waals surface area contributed by atoms with E-state index in [1.807, 2.05) is 11.6 Å². The zero-order valence-electron chi connectivity index (χ0n) is 7.40. The Kier molecular flexibility index (Phi) is 1.68. The summed E-state index contributed by atoms with van der Waals surface area (Å²) in [6, 6.07) is 0. The zero-order valence-corrected chi connectivity index (χ0v) is 8.22. The van der Waals surface area contributed by atoms with Crippen LogP contribution in [0, 0.1) is 0 Å². The summed E-state index contributed by atoms with van der Waals surface area (Å²) in [5.74, 6) is 0. The van der Waals surface area contributed by atoms with Crippen LogP contribution in [0.3, 0.4) is 0 Å². The number of rotatable bonds is 1. The van der Waals surface area contributed by atoms with Crippen LogP contribution in [0.5, 0.6) is 0 Å². The van der Waals surface area contributed by atoms with E-state index in [1.54, 1.807) is 11.3 Å². The second-order valence-corrected chi connectivity index (χ2v) is 4.60. The van der Waals surface area contributed by atoms with Crippen LogP contribution >= 0.6 is 11.3 Å². The van der Waals surface area contributed by atoms with Crippen LogP contribution in [-0.2, 0) is 10.3 Å². The van der Waals surface area contributed by atoms with Gasteiger partial charge in [0.2, 0.25) is 0 Å². The van der Waals surface area contributed by atoms with Gasteiger partial charge in [-0.2, -0.15) is 0 Å². The van der Waals surface area contributed by atoms with Crippen molar-refractivity contribution < 1.29 is 4.74 Å². The van der Waals surface area contributed by atoms with Crippen molar-refractivity contribution in [1.82, 2.24) is 9.88 Å². The van der Waals surface area contributed by atoms with Gasteiger partial charge in [0.25, 0.3) is 0 Å². The fraction of sp³-hybridized carbons (Fsp3) is 0.667. The topological polar surface area (TPSA) is 25.4 Å². The minimum absolute atomic E-state index is 0.0492. The number of aromatic nitrogens is 1. The molecule has 13 heavy (non-hydrogen) atoms. The number of thiazole rings is 1. The molecule has 2 bridgehead atoms. The summed E-state index contributed by atoms with van der Waals surface area (Å²) in [7, 11) is 0. The van der Waals surface area contributed by atoms with Crippen LogP contribution in [0.15, 0.2) is 11.6 Å². The van der Waals surface area contributed by atoms with Crippen molar-refractivity contribution in [2.24, 2.45) is 0 Å². The molecule has 2 aliphatic heterocycles. The lowest BCUT2D eigenvalue weighted by Gasteiger charge is -2.32. The minimum Gasteiger partial charge on any atom is -0.365 e. The van der Waals surface area contributed by atoms with Gasteiger partial charge in [-0.1, -0.05) is 0 Å². The van der Waals surface area contributed by atoms with Gasteiger partial charge < -0.3 is 4.74 Å². The zero-order chi connectivity index (χ0) is 8.73. The molecule has 1 aromatic heterocycles. The predicted molar refractivity (Wildman–Crippen MR) is 50.8 cm³/mol. The molecule has 1 aromatic rings. The summed E-state index contributed by atoms with van der Waals surface area (Å²) in [6.07, 6.45) is 2.98. The normalized spacial score (nSPS) is 38.0. The number of hydrogen-bond donors (Lipinski definition) is 0.